The zero-order valence-corrected chi connectivity index (χ0v) is 5.78. The van der Waals surface area contributed by atoms with E-state index < -0.39 is 12.7 Å². The Morgan fingerprint density at radius 3 is 2.20 bits per heavy atom. The SMILES string of the molecule is CN(CC(F)(F)F)C1CC1. The molecule has 0 amide bonds. The van der Waals surface area contributed by atoms with E-state index in [1.807, 2.05) is 0 Å². The van der Waals surface area contributed by atoms with Gasteiger partial charge in [-0.15, -0.1) is 0 Å². The second-order valence-corrected chi connectivity index (χ2v) is 2.76. The summed E-state index contributed by atoms with van der Waals surface area (Å²) >= 11 is 0. The summed E-state index contributed by atoms with van der Waals surface area (Å²) in [6.45, 7) is -0.766. The highest BCUT2D eigenvalue weighted by Crippen LogP contribution is 2.28. The van der Waals surface area contributed by atoms with Gasteiger partial charge in [0, 0.05) is 6.04 Å². The van der Waals surface area contributed by atoms with Crippen molar-refractivity contribution in [3.63, 3.8) is 0 Å². The Balaban J connectivity index is 2.23. The van der Waals surface area contributed by atoms with E-state index in [0.29, 0.717) is 0 Å². The summed E-state index contributed by atoms with van der Waals surface area (Å²) in [6, 6.07) is 0.196. The van der Waals surface area contributed by atoms with Gasteiger partial charge >= 0.3 is 6.18 Å². The van der Waals surface area contributed by atoms with Crippen LogP contribution in [0.1, 0.15) is 12.8 Å². The molecule has 60 valence electrons. The molecular formula is C6H10F3N. The number of alkyl halides is 3. The molecule has 1 saturated carbocycles. The van der Waals surface area contributed by atoms with Gasteiger partial charge in [-0.2, -0.15) is 13.2 Å². The van der Waals surface area contributed by atoms with Crippen molar-refractivity contribution in [2.24, 2.45) is 0 Å². The fourth-order valence-corrected chi connectivity index (χ4v) is 0.927. The molecular weight excluding hydrogens is 143 g/mol. The Bertz CT molecular complexity index is 117. The number of hydrogen-bond donors (Lipinski definition) is 0. The van der Waals surface area contributed by atoms with E-state index in [2.05, 4.69) is 0 Å². The average Bonchev–Trinajstić information content (AvgIpc) is 2.35. The van der Waals surface area contributed by atoms with Crippen molar-refractivity contribution in [1.29, 1.82) is 0 Å². The van der Waals surface area contributed by atoms with Gasteiger partial charge in [0.1, 0.15) is 0 Å². The van der Waals surface area contributed by atoms with Gasteiger partial charge in [-0.05, 0) is 19.9 Å². The zero-order chi connectivity index (χ0) is 7.78. The first kappa shape index (κ1) is 7.85. The minimum absolute atomic E-state index is 0.196. The summed E-state index contributed by atoms with van der Waals surface area (Å²) in [5, 5.41) is 0. The van der Waals surface area contributed by atoms with Crippen LogP contribution in [0, 0.1) is 0 Å². The highest BCUT2D eigenvalue weighted by Gasteiger charge is 2.35. The van der Waals surface area contributed by atoms with Gasteiger partial charge in [0.25, 0.3) is 0 Å². The van der Waals surface area contributed by atoms with E-state index in [0.717, 1.165) is 12.8 Å². The molecule has 4 heteroatoms. The van der Waals surface area contributed by atoms with Crippen LogP contribution in [0.4, 0.5) is 13.2 Å². The quantitative estimate of drug-likeness (QED) is 0.583. The Morgan fingerprint density at radius 1 is 1.40 bits per heavy atom. The fraction of sp³-hybridized carbons (Fsp3) is 1.00. The maximum absolute atomic E-state index is 11.7. The number of hydrogen-bond acceptors (Lipinski definition) is 1. The van der Waals surface area contributed by atoms with Crippen LogP contribution in [0.25, 0.3) is 0 Å². The molecule has 0 aliphatic heterocycles. The van der Waals surface area contributed by atoms with Crippen molar-refractivity contribution >= 4 is 0 Å². The third-order valence-corrected chi connectivity index (χ3v) is 1.60. The lowest BCUT2D eigenvalue weighted by Crippen LogP contribution is -2.32. The normalized spacial score (nSPS) is 20.1. The van der Waals surface area contributed by atoms with Crippen molar-refractivity contribution in [2.45, 2.75) is 25.1 Å². The summed E-state index contributed by atoms with van der Waals surface area (Å²) in [4.78, 5) is 1.36. The van der Waals surface area contributed by atoms with Gasteiger partial charge < -0.3 is 0 Å². The molecule has 1 fully saturated rings. The van der Waals surface area contributed by atoms with Crippen LogP contribution in [-0.4, -0.2) is 30.7 Å². The minimum atomic E-state index is -4.03. The van der Waals surface area contributed by atoms with Crippen LogP contribution in [0.3, 0.4) is 0 Å². The smallest absolute Gasteiger partial charge is 0.295 e. The van der Waals surface area contributed by atoms with Crippen molar-refractivity contribution in [3.05, 3.63) is 0 Å². The first-order chi connectivity index (χ1) is 4.49. The first-order valence-electron chi connectivity index (χ1n) is 3.26. The monoisotopic (exact) mass is 153 g/mol. The second kappa shape index (κ2) is 2.42. The van der Waals surface area contributed by atoms with Crippen LogP contribution < -0.4 is 0 Å². The maximum Gasteiger partial charge on any atom is 0.401 e. The summed E-state index contributed by atoms with van der Waals surface area (Å²) in [5.74, 6) is 0. The molecule has 0 aromatic carbocycles. The predicted molar refractivity (Wildman–Crippen MR) is 31.7 cm³/mol. The standard InChI is InChI=1S/C6H10F3N/c1-10(5-2-3-5)4-6(7,8)9/h5H,2-4H2,1H3. The van der Waals surface area contributed by atoms with Crippen molar-refractivity contribution < 1.29 is 13.2 Å². The summed E-state index contributed by atoms with van der Waals surface area (Å²) in [7, 11) is 1.52. The molecule has 0 bridgehead atoms. The van der Waals surface area contributed by atoms with E-state index in [1.165, 1.54) is 11.9 Å². The summed E-state index contributed by atoms with van der Waals surface area (Å²) in [5.41, 5.74) is 0. The number of rotatable bonds is 2. The van der Waals surface area contributed by atoms with Crippen LogP contribution in [-0.2, 0) is 0 Å². The molecule has 0 aromatic rings. The Hall–Kier alpha value is -0.250. The average molecular weight is 153 g/mol. The van der Waals surface area contributed by atoms with E-state index in [1.54, 1.807) is 0 Å². The van der Waals surface area contributed by atoms with Gasteiger partial charge in [0.15, 0.2) is 0 Å². The Morgan fingerprint density at radius 2 is 1.90 bits per heavy atom. The highest BCUT2D eigenvalue weighted by atomic mass is 19.4. The first-order valence-corrected chi connectivity index (χ1v) is 3.26. The number of nitrogens with zero attached hydrogens (tertiary/aromatic N) is 1. The van der Waals surface area contributed by atoms with Crippen LogP contribution in [0.15, 0.2) is 0 Å². The molecule has 0 saturated heterocycles. The summed E-state index contributed by atoms with van der Waals surface area (Å²) in [6.07, 6.45) is -2.18. The third kappa shape index (κ3) is 2.56. The predicted octanol–water partition coefficient (Wildman–Crippen LogP) is 1.64. The molecule has 1 nitrogen and oxygen atoms in total. The van der Waals surface area contributed by atoms with E-state index in [-0.39, 0.29) is 6.04 Å². The van der Waals surface area contributed by atoms with Crippen LogP contribution in [0.2, 0.25) is 0 Å². The van der Waals surface area contributed by atoms with Crippen LogP contribution >= 0.6 is 0 Å². The molecule has 1 aliphatic rings. The van der Waals surface area contributed by atoms with Crippen LogP contribution in [0.5, 0.6) is 0 Å². The lowest BCUT2D eigenvalue weighted by atomic mass is 10.5. The largest absolute Gasteiger partial charge is 0.401 e. The third-order valence-electron chi connectivity index (χ3n) is 1.60. The van der Waals surface area contributed by atoms with E-state index >= 15 is 0 Å². The molecule has 0 radical (unpaired) electrons. The highest BCUT2D eigenvalue weighted by molar-refractivity contribution is 4.83. The Kier molecular flexibility index (Phi) is 1.90. The molecule has 0 aromatic heterocycles. The lowest BCUT2D eigenvalue weighted by Gasteiger charge is -2.17. The lowest BCUT2D eigenvalue weighted by molar-refractivity contribution is -0.144. The Labute approximate surface area is 57.8 Å². The van der Waals surface area contributed by atoms with Crippen molar-refractivity contribution in [1.82, 2.24) is 4.90 Å². The van der Waals surface area contributed by atoms with Gasteiger partial charge in [-0.1, -0.05) is 0 Å². The second-order valence-electron chi connectivity index (χ2n) is 2.76. The van der Waals surface area contributed by atoms with Gasteiger partial charge in [0.2, 0.25) is 0 Å². The van der Waals surface area contributed by atoms with Crippen molar-refractivity contribution in [3.8, 4) is 0 Å². The minimum Gasteiger partial charge on any atom is -0.295 e. The van der Waals surface area contributed by atoms with Gasteiger partial charge in [0.05, 0.1) is 6.54 Å². The zero-order valence-electron chi connectivity index (χ0n) is 5.78. The van der Waals surface area contributed by atoms with E-state index in [4.69, 9.17) is 0 Å². The molecule has 0 heterocycles. The molecule has 0 atom stereocenters. The molecule has 10 heavy (non-hydrogen) atoms. The molecule has 0 unspecified atom stereocenters. The summed E-state index contributed by atoms with van der Waals surface area (Å²) < 4.78 is 35.0. The van der Waals surface area contributed by atoms with Gasteiger partial charge in [-0.25, -0.2) is 0 Å². The topological polar surface area (TPSA) is 3.24 Å². The number of halogens is 3. The molecule has 1 aliphatic carbocycles. The fourth-order valence-electron chi connectivity index (χ4n) is 0.927. The molecule has 0 N–H and O–H groups in total. The molecule has 0 spiro atoms. The maximum atomic E-state index is 11.7. The molecule has 1 rings (SSSR count). The van der Waals surface area contributed by atoms with Gasteiger partial charge in [-0.3, -0.25) is 4.90 Å². The van der Waals surface area contributed by atoms with E-state index in [9.17, 15) is 13.2 Å². The van der Waals surface area contributed by atoms with Crippen molar-refractivity contribution in [2.75, 3.05) is 13.6 Å².